The van der Waals surface area contributed by atoms with Crippen LogP contribution in [0.15, 0.2) is 30.3 Å². The van der Waals surface area contributed by atoms with Crippen LogP contribution in [0.3, 0.4) is 0 Å². The molecule has 2 aromatic rings. The van der Waals surface area contributed by atoms with Crippen molar-refractivity contribution in [3.05, 3.63) is 34.0 Å². The van der Waals surface area contributed by atoms with E-state index in [1.54, 1.807) is 0 Å². The molecule has 2 rings (SSSR count). The number of fused-ring (bicyclic) bond motifs is 1. The summed E-state index contributed by atoms with van der Waals surface area (Å²) in [6, 6.07) is 9.90. The van der Waals surface area contributed by atoms with Crippen LogP contribution in [0.4, 0.5) is 5.69 Å². The van der Waals surface area contributed by atoms with Crippen LogP contribution in [-0.2, 0) is 0 Å². The lowest BCUT2D eigenvalue weighted by Crippen LogP contribution is -1.92. The van der Waals surface area contributed by atoms with Gasteiger partial charge in [-0.1, -0.05) is 18.2 Å². The van der Waals surface area contributed by atoms with Gasteiger partial charge in [-0.2, -0.15) is 0 Å². The van der Waals surface area contributed by atoms with Crippen molar-refractivity contribution in [2.45, 2.75) is 0 Å². The Morgan fingerprint density at radius 1 is 1.25 bits per heavy atom. The summed E-state index contributed by atoms with van der Waals surface area (Å²) in [6.07, 6.45) is 0. The van der Waals surface area contributed by atoms with Gasteiger partial charge < -0.3 is 5.73 Å². The number of halogens is 1. The molecule has 2 N–H and O–H groups in total. The lowest BCUT2D eigenvalue weighted by Gasteiger charge is -2.00. The molecule has 0 saturated heterocycles. The number of nitrogen functional groups attached to an aromatic ring is 1. The molecule has 60 valence electrons. The predicted octanol–water partition coefficient (Wildman–Crippen LogP) is 2.42. The molecule has 0 saturated carbocycles. The third kappa shape index (κ3) is 1.24. The number of pyridine rings is 1. The van der Waals surface area contributed by atoms with Gasteiger partial charge in [-0.25, -0.2) is 4.98 Å². The van der Waals surface area contributed by atoms with Gasteiger partial charge in [-0.05, 0) is 34.7 Å². The fraction of sp³-hybridized carbons (Fsp3) is 0. The SMILES string of the molecule is Nc1cc2ccccc2nc1I. The van der Waals surface area contributed by atoms with Gasteiger partial charge in [0.05, 0.1) is 11.2 Å². The van der Waals surface area contributed by atoms with Crippen LogP contribution < -0.4 is 5.73 Å². The zero-order valence-corrected chi connectivity index (χ0v) is 8.45. The number of nitrogens with zero attached hydrogens (tertiary/aromatic N) is 1. The number of hydrogen-bond acceptors (Lipinski definition) is 2. The van der Waals surface area contributed by atoms with Crippen molar-refractivity contribution in [1.82, 2.24) is 4.98 Å². The number of rotatable bonds is 0. The third-order valence-electron chi connectivity index (χ3n) is 1.70. The quantitative estimate of drug-likeness (QED) is 0.589. The average Bonchev–Trinajstić information content (AvgIpc) is 2.07. The van der Waals surface area contributed by atoms with Crippen molar-refractivity contribution in [2.24, 2.45) is 0 Å². The van der Waals surface area contributed by atoms with Crippen molar-refractivity contribution < 1.29 is 0 Å². The van der Waals surface area contributed by atoms with E-state index >= 15 is 0 Å². The lowest BCUT2D eigenvalue weighted by molar-refractivity contribution is 1.35. The Morgan fingerprint density at radius 3 is 2.83 bits per heavy atom. The van der Waals surface area contributed by atoms with E-state index in [1.165, 1.54) is 0 Å². The molecule has 3 heteroatoms. The Kier molecular flexibility index (Phi) is 1.88. The maximum Gasteiger partial charge on any atom is 0.124 e. The fourth-order valence-corrected chi connectivity index (χ4v) is 1.52. The zero-order valence-electron chi connectivity index (χ0n) is 6.29. The standard InChI is InChI=1S/C9H7IN2/c10-9-7(11)5-6-3-1-2-4-8(6)12-9/h1-5H,11H2. The van der Waals surface area contributed by atoms with Crippen molar-refractivity contribution in [3.8, 4) is 0 Å². The largest absolute Gasteiger partial charge is 0.397 e. The highest BCUT2D eigenvalue weighted by atomic mass is 127. The van der Waals surface area contributed by atoms with E-state index in [0.717, 1.165) is 20.3 Å². The summed E-state index contributed by atoms with van der Waals surface area (Å²) in [6.45, 7) is 0. The van der Waals surface area contributed by atoms with Crippen LogP contribution in [0.25, 0.3) is 10.9 Å². The zero-order chi connectivity index (χ0) is 8.55. The van der Waals surface area contributed by atoms with Gasteiger partial charge in [0.25, 0.3) is 0 Å². The molecule has 0 atom stereocenters. The molecule has 0 spiro atoms. The van der Waals surface area contributed by atoms with E-state index in [1.807, 2.05) is 30.3 Å². The molecule has 0 radical (unpaired) electrons. The summed E-state index contributed by atoms with van der Waals surface area (Å²) in [5, 5.41) is 1.09. The summed E-state index contributed by atoms with van der Waals surface area (Å²) >= 11 is 2.14. The first-order chi connectivity index (χ1) is 5.77. The molecule has 0 amide bonds. The van der Waals surface area contributed by atoms with Crippen LogP contribution in [0.5, 0.6) is 0 Å². The first-order valence-corrected chi connectivity index (χ1v) is 4.66. The molecule has 0 aliphatic heterocycles. The predicted molar refractivity (Wildman–Crippen MR) is 58.9 cm³/mol. The molecule has 0 bridgehead atoms. The molecule has 1 aromatic heterocycles. The van der Waals surface area contributed by atoms with E-state index in [2.05, 4.69) is 27.6 Å². The highest BCUT2D eigenvalue weighted by Crippen LogP contribution is 2.19. The second kappa shape index (κ2) is 2.90. The minimum Gasteiger partial charge on any atom is -0.397 e. The molecule has 0 unspecified atom stereocenters. The van der Waals surface area contributed by atoms with Gasteiger partial charge in [0.1, 0.15) is 3.70 Å². The Hall–Kier alpha value is -0.840. The van der Waals surface area contributed by atoms with E-state index < -0.39 is 0 Å². The summed E-state index contributed by atoms with van der Waals surface area (Å²) in [5.41, 5.74) is 7.46. The monoisotopic (exact) mass is 270 g/mol. The number of anilines is 1. The molecule has 2 nitrogen and oxygen atoms in total. The normalized spacial score (nSPS) is 10.4. The van der Waals surface area contributed by atoms with Crippen molar-refractivity contribution in [1.29, 1.82) is 0 Å². The molecule has 0 aliphatic rings. The minimum absolute atomic E-state index is 0.745. The van der Waals surface area contributed by atoms with Crippen molar-refractivity contribution in [2.75, 3.05) is 5.73 Å². The second-order valence-electron chi connectivity index (χ2n) is 2.56. The van der Waals surface area contributed by atoms with Crippen molar-refractivity contribution in [3.63, 3.8) is 0 Å². The van der Waals surface area contributed by atoms with Crippen molar-refractivity contribution >= 4 is 39.2 Å². The molecule has 1 heterocycles. The van der Waals surface area contributed by atoms with Gasteiger partial charge in [0.2, 0.25) is 0 Å². The third-order valence-corrected chi connectivity index (χ3v) is 2.57. The van der Waals surface area contributed by atoms with Crippen LogP contribution in [0.1, 0.15) is 0 Å². The summed E-state index contributed by atoms with van der Waals surface area (Å²) < 4.78 is 0.867. The van der Waals surface area contributed by atoms with Gasteiger partial charge in [0.15, 0.2) is 0 Å². The van der Waals surface area contributed by atoms with Crippen LogP contribution in [0.2, 0.25) is 0 Å². The lowest BCUT2D eigenvalue weighted by atomic mass is 10.2. The molecular weight excluding hydrogens is 263 g/mol. The maximum absolute atomic E-state index is 5.72. The number of hydrogen-bond donors (Lipinski definition) is 1. The Balaban J connectivity index is 2.84. The smallest absolute Gasteiger partial charge is 0.124 e. The van der Waals surface area contributed by atoms with E-state index in [4.69, 9.17) is 5.73 Å². The maximum atomic E-state index is 5.72. The van der Waals surface area contributed by atoms with Crippen LogP contribution in [-0.4, -0.2) is 4.98 Å². The van der Waals surface area contributed by atoms with E-state index in [-0.39, 0.29) is 0 Å². The Labute approximate surface area is 83.9 Å². The summed E-state index contributed by atoms with van der Waals surface area (Å²) in [7, 11) is 0. The van der Waals surface area contributed by atoms with Gasteiger partial charge >= 0.3 is 0 Å². The summed E-state index contributed by atoms with van der Waals surface area (Å²) in [5.74, 6) is 0. The van der Waals surface area contributed by atoms with Gasteiger partial charge in [0, 0.05) is 5.39 Å². The molecule has 12 heavy (non-hydrogen) atoms. The summed E-state index contributed by atoms with van der Waals surface area (Å²) in [4.78, 5) is 4.34. The Morgan fingerprint density at radius 2 is 2.00 bits per heavy atom. The fourth-order valence-electron chi connectivity index (χ4n) is 1.11. The first-order valence-electron chi connectivity index (χ1n) is 3.58. The topological polar surface area (TPSA) is 38.9 Å². The van der Waals surface area contributed by atoms with E-state index in [0.29, 0.717) is 0 Å². The molecule has 0 fully saturated rings. The minimum atomic E-state index is 0.745. The van der Waals surface area contributed by atoms with Crippen LogP contribution >= 0.6 is 22.6 Å². The number of nitrogens with two attached hydrogens (primary N) is 1. The molecular formula is C9H7IN2. The number of para-hydroxylation sites is 1. The van der Waals surface area contributed by atoms with E-state index in [9.17, 15) is 0 Å². The first kappa shape index (κ1) is 7.79. The number of benzene rings is 1. The highest BCUT2D eigenvalue weighted by molar-refractivity contribution is 14.1. The highest BCUT2D eigenvalue weighted by Gasteiger charge is 1.98. The molecule has 0 aliphatic carbocycles. The average molecular weight is 270 g/mol. The Bertz CT molecular complexity index is 385. The molecule has 1 aromatic carbocycles. The number of aromatic nitrogens is 1. The van der Waals surface area contributed by atoms with Gasteiger partial charge in [-0.15, -0.1) is 0 Å². The second-order valence-corrected chi connectivity index (χ2v) is 3.58. The van der Waals surface area contributed by atoms with Crippen LogP contribution in [0, 0.1) is 3.70 Å². The van der Waals surface area contributed by atoms with Gasteiger partial charge in [-0.3, -0.25) is 0 Å².